The van der Waals surface area contributed by atoms with Crippen molar-refractivity contribution in [3.63, 3.8) is 0 Å². The minimum atomic E-state index is -0.472. The second-order valence-corrected chi connectivity index (χ2v) is 7.99. The lowest BCUT2D eigenvalue weighted by Crippen LogP contribution is -2.08. The van der Waals surface area contributed by atoms with Gasteiger partial charge >= 0.3 is 0 Å². The van der Waals surface area contributed by atoms with E-state index in [4.69, 9.17) is 28.8 Å². The van der Waals surface area contributed by atoms with Crippen molar-refractivity contribution in [2.75, 3.05) is 0 Å². The number of halogens is 1. The molecule has 0 bridgehead atoms. The molecule has 3 heterocycles. The summed E-state index contributed by atoms with van der Waals surface area (Å²) in [6.07, 6.45) is 5.66. The van der Waals surface area contributed by atoms with Crippen LogP contribution in [0.4, 0.5) is 0 Å². The van der Waals surface area contributed by atoms with E-state index in [-0.39, 0.29) is 0 Å². The summed E-state index contributed by atoms with van der Waals surface area (Å²) < 4.78 is 7.60. The van der Waals surface area contributed by atoms with Gasteiger partial charge in [0.2, 0.25) is 0 Å². The molecule has 0 radical (unpaired) electrons. The summed E-state index contributed by atoms with van der Waals surface area (Å²) in [4.78, 5) is 8.61. The molecule has 1 aliphatic rings. The minimum Gasteiger partial charge on any atom is -0.334 e. The first-order valence-electron chi connectivity index (χ1n) is 9.25. The van der Waals surface area contributed by atoms with E-state index in [1.54, 1.807) is 12.4 Å². The smallest absolute Gasteiger partial charge is 0.259 e. The van der Waals surface area contributed by atoms with E-state index >= 15 is 0 Å². The number of pyridine rings is 1. The maximum atomic E-state index is 6.30. The minimum absolute atomic E-state index is 0.357. The van der Waals surface area contributed by atoms with E-state index in [2.05, 4.69) is 29.9 Å². The van der Waals surface area contributed by atoms with Gasteiger partial charge in [0.1, 0.15) is 5.25 Å². The highest BCUT2D eigenvalue weighted by molar-refractivity contribution is 7.80. The molecule has 4 aromatic rings. The van der Waals surface area contributed by atoms with Crippen molar-refractivity contribution in [2.24, 2.45) is 0 Å². The van der Waals surface area contributed by atoms with Crippen molar-refractivity contribution in [3.8, 4) is 22.8 Å². The van der Waals surface area contributed by atoms with Crippen LogP contribution in [0.25, 0.3) is 22.8 Å². The SMILES string of the molecule is Cc1ccc(Cl)c(-c2nc(C(S)c3nnc(-c4ccncc4)n3C3CC3)no2)c1. The van der Waals surface area contributed by atoms with Gasteiger partial charge in [0.05, 0.1) is 10.6 Å². The van der Waals surface area contributed by atoms with Gasteiger partial charge in [-0.1, -0.05) is 28.4 Å². The number of nitrogens with zero attached hydrogens (tertiary/aromatic N) is 6. The van der Waals surface area contributed by atoms with E-state index in [1.807, 2.05) is 37.3 Å². The second kappa shape index (κ2) is 7.27. The molecule has 3 aromatic heterocycles. The summed E-state index contributed by atoms with van der Waals surface area (Å²) in [6, 6.07) is 9.87. The number of benzene rings is 1. The van der Waals surface area contributed by atoms with Crippen LogP contribution in [0.3, 0.4) is 0 Å². The van der Waals surface area contributed by atoms with Crippen molar-refractivity contribution >= 4 is 24.2 Å². The zero-order valence-electron chi connectivity index (χ0n) is 15.5. The van der Waals surface area contributed by atoms with Crippen LogP contribution in [0.2, 0.25) is 5.02 Å². The first-order chi connectivity index (χ1) is 14.1. The fourth-order valence-corrected chi connectivity index (χ4v) is 3.73. The van der Waals surface area contributed by atoms with Gasteiger partial charge in [-0.05, 0) is 44.0 Å². The van der Waals surface area contributed by atoms with Gasteiger partial charge in [0.25, 0.3) is 5.89 Å². The highest BCUT2D eigenvalue weighted by Crippen LogP contribution is 2.42. The highest BCUT2D eigenvalue weighted by atomic mass is 35.5. The van der Waals surface area contributed by atoms with Crippen molar-refractivity contribution in [2.45, 2.75) is 31.1 Å². The Morgan fingerprint density at radius 1 is 1.17 bits per heavy atom. The van der Waals surface area contributed by atoms with E-state index < -0.39 is 5.25 Å². The summed E-state index contributed by atoms with van der Waals surface area (Å²) in [7, 11) is 0. The summed E-state index contributed by atoms with van der Waals surface area (Å²) in [5.74, 6) is 2.29. The lowest BCUT2D eigenvalue weighted by atomic mass is 10.1. The average molecular weight is 425 g/mol. The van der Waals surface area contributed by atoms with Crippen LogP contribution in [-0.4, -0.2) is 29.9 Å². The molecule has 1 atom stereocenters. The number of aromatic nitrogens is 6. The van der Waals surface area contributed by atoms with Crippen LogP contribution in [0, 0.1) is 6.92 Å². The molecule has 7 nitrogen and oxygen atoms in total. The summed E-state index contributed by atoms with van der Waals surface area (Å²) in [5, 5.41) is 13.0. The van der Waals surface area contributed by atoms with Gasteiger partial charge in [-0.2, -0.15) is 17.6 Å². The van der Waals surface area contributed by atoms with Gasteiger partial charge in [-0.25, -0.2) is 0 Å². The maximum absolute atomic E-state index is 6.30. The molecule has 9 heteroatoms. The van der Waals surface area contributed by atoms with Crippen molar-refractivity contribution < 1.29 is 4.52 Å². The zero-order valence-corrected chi connectivity index (χ0v) is 17.2. The Hall–Kier alpha value is -2.71. The molecule has 0 spiro atoms. The molecule has 0 amide bonds. The Labute approximate surface area is 177 Å². The van der Waals surface area contributed by atoms with Crippen molar-refractivity contribution in [1.29, 1.82) is 0 Å². The monoisotopic (exact) mass is 424 g/mol. The third-order valence-electron chi connectivity index (χ3n) is 4.86. The van der Waals surface area contributed by atoms with Gasteiger partial charge in [-0.3, -0.25) is 4.98 Å². The molecule has 146 valence electrons. The molecule has 5 rings (SSSR count). The maximum Gasteiger partial charge on any atom is 0.259 e. The lowest BCUT2D eigenvalue weighted by molar-refractivity contribution is 0.422. The van der Waals surface area contributed by atoms with E-state index in [0.29, 0.717) is 34.2 Å². The molecule has 1 saturated carbocycles. The predicted octanol–water partition coefficient (Wildman–Crippen LogP) is 4.71. The molecule has 1 aromatic carbocycles. The number of rotatable bonds is 5. The predicted molar refractivity (Wildman–Crippen MR) is 112 cm³/mol. The van der Waals surface area contributed by atoms with Crippen LogP contribution >= 0.6 is 24.2 Å². The largest absolute Gasteiger partial charge is 0.334 e. The standard InChI is InChI=1S/C20H17ClN6OS/c1-11-2-5-15(21)14(10-11)20-23-17(26-28-20)16(29)19-25-24-18(27(19)13-3-4-13)12-6-8-22-9-7-12/h2,5-10,13,16,29H,3-4H2,1H3. The highest BCUT2D eigenvalue weighted by Gasteiger charge is 2.33. The Balaban J connectivity index is 1.52. The normalized spacial score (nSPS) is 14.9. The molecule has 1 unspecified atom stereocenters. The topological polar surface area (TPSA) is 82.5 Å². The first-order valence-corrected chi connectivity index (χ1v) is 10.1. The third-order valence-corrected chi connectivity index (χ3v) is 5.65. The Morgan fingerprint density at radius 3 is 2.72 bits per heavy atom. The van der Waals surface area contributed by atoms with Gasteiger partial charge in [0.15, 0.2) is 17.5 Å². The molecule has 0 N–H and O–H groups in total. The average Bonchev–Trinajstić information content (AvgIpc) is 3.29. The van der Waals surface area contributed by atoms with Crippen LogP contribution < -0.4 is 0 Å². The quantitative estimate of drug-likeness (QED) is 0.467. The molecular weight excluding hydrogens is 408 g/mol. The summed E-state index contributed by atoms with van der Waals surface area (Å²) in [5.41, 5.74) is 2.72. The van der Waals surface area contributed by atoms with Crippen LogP contribution in [0.1, 0.15) is 41.3 Å². The molecule has 1 fully saturated rings. The van der Waals surface area contributed by atoms with Crippen LogP contribution in [-0.2, 0) is 0 Å². The Morgan fingerprint density at radius 2 is 1.97 bits per heavy atom. The molecule has 1 aliphatic carbocycles. The van der Waals surface area contributed by atoms with Crippen molar-refractivity contribution in [1.82, 2.24) is 29.9 Å². The number of hydrogen-bond donors (Lipinski definition) is 1. The molecule has 0 aliphatic heterocycles. The fourth-order valence-electron chi connectivity index (χ4n) is 3.25. The Bertz CT molecular complexity index is 1170. The number of thiol groups is 1. The first kappa shape index (κ1) is 18.3. The summed E-state index contributed by atoms with van der Waals surface area (Å²) >= 11 is 11.0. The number of aryl methyl sites for hydroxylation is 1. The zero-order chi connectivity index (χ0) is 20.0. The molecule has 29 heavy (non-hydrogen) atoms. The van der Waals surface area contributed by atoms with E-state index in [0.717, 1.165) is 29.8 Å². The van der Waals surface area contributed by atoms with E-state index in [9.17, 15) is 0 Å². The van der Waals surface area contributed by atoms with Gasteiger partial charge in [0, 0.05) is 24.0 Å². The molecular formula is C20H17ClN6OS. The van der Waals surface area contributed by atoms with Crippen LogP contribution in [0.15, 0.2) is 47.2 Å². The third kappa shape index (κ3) is 3.42. The van der Waals surface area contributed by atoms with Gasteiger partial charge < -0.3 is 9.09 Å². The second-order valence-electron chi connectivity index (χ2n) is 7.06. The molecule has 0 saturated heterocycles. The lowest BCUT2D eigenvalue weighted by Gasteiger charge is -2.11. The van der Waals surface area contributed by atoms with E-state index in [1.165, 1.54) is 0 Å². The van der Waals surface area contributed by atoms with Crippen LogP contribution in [0.5, 0.6) is 0 Å². The fraction of sp³-hybridized carbons (Fsp3) is 0.250. The summed E-state index contributed by atoms with van der Waals surface area (Å²) in [6.45, 7) is 1.98. The van der Waals surface area contributed by atoms with Crippen molar-refractivity contribution in [3.05, 3.63) is 65.0 Å². The number of hydrogen-bond acceptors (Lipinski definition) is 7. The van der Waals surface area contributed by atoms with Gasteiger partial charge in [-0.15, -0.1) is 10.2 Å². The Kier molecular flexibility index (Phi) is 4.60.